The number of rotatable bonds is 3. The molecule has 0 amide bonds. The molecule has 2 nitrogen and oxygen atoms in total. The van der Waals surface area contributed by atoms with Gasteiger partial charge < -0.3 is 10.4 Å². The molecule has 2 atom stereocenters. The Hall–Kier alpha value is -1.02. The molecule has 1 aromatic rings. The molecule has 1 fully saturated rings. The van der Waals surface area contributed by atoms with Crippen molar-refractivity contribution >= 4 is 0 Å². The number of benzene rings is 1. The molecule has 88 valence electrons. The number of phenolic OH excluding ortho intramolecular Hbond substituents is 1. The molecule has 16 heavy (non-hydrogen) atoms. The van der Waals surface area contributed by atoms with Crippen molar-refractivity contribution in [3.63, 3.8) is 0 Å². The van der Waals surface area contributed by atoms with E-state index in [2.05, 4.69) is 18.4 Å². The van der Waals surface area contributed by atoms with Crippen LogP contribution in [0.25, 0.3) is 0 Å². The lowest BCUT2D eigenvalue weighted by molar-refractivity contribution is 0.294. The smallest absolute Gasteiger partial charge is 0.115 e. The van der Waals surface area contributed by atoms with E-state index in [1.165, 1.54) is 31.2 Å². The summed E-state index contributed by atoms with van der Waals surface area (Å²) in [5.74, 6) is 1.16. The fourth-order valence-electron chi connectivity index (χ4n) is 2.76. The second-order valence-electron chi connectivity index (χ2n) is 4.89. The van der Waals surface area contributed by atoms with Crippen molar-refractivity contribution in [1.82, 2.24) is 5.32 Å². The van der Waals surface area contributed by atoms with Crippen LogP contribution in [0.4, 0.5) is 0 Å². The normalized spacial score (nSPS) is 25.6. The Morgan fingerprint density at radius 2 is 2.25 bits per heavy atom. The van der Waals surface area contributed by atoms with Crippen LogP contribution < -0.4 is 5.32 Å². The molecule has 0 bridgehead atoms. The van der Waals surface area contributed by atoms with Crippen LogP contribution in [0.3, 0.4) is 0 Å². The van der Waals surface area contributed by atoms with Crippen LogP contribution in [0.1, 0.15) is 31.2 Å². The number of nitrogens with one attached hydrogen (secondary N) is 1. The number of hydrogen-bond acceptors (Lipinski definition) is 2. The molecule has 0 spiro atoms. The first-order valence-corrected chi connectivity index (χ1v) is 6.23. The van der Waals surface area contributed by atoms with E-state index in [1.54, 1.807) is 6.07 Å². The van der Waals surface area contributed by atoms with E-state index in [9.17, 15) is 5.11 Å². The third-order valence-corrected chi connectivity index (χ3v) is 3.63. The summed E-state index contributed by atoms with van der Waals surface area (Å²) in [5.41, 5.74) is 1.27. The maximum absolute atomic E-state index is 9.43. The molecule has 2 rings (SSSR count). The van der Waals surface area contributed by atoms with Gasteiger partial charge in [0.25, 0.3) is 0 Å². The number of phenols is 1. The van der Waals surface area contributed by atoms with E-state index in [1.807, 2.05) is 12.1 Å². The average Bonchev–Trinajstić information content (AvgIpc) is 2.29. The van der Waals surface area contributed by atoms with Crippen LogP contribution >= 0.6 is 0 Å². The molecule has 2 heteroatoms. The minimum Gasteiger partial charge on any atom is -0.508 e. The van der Waals surface area contributed by atoms with E-state index >= 15 is 0 Å². The summed E-state index contributed by atoms with van der Waals surface area (Å²) in [6.07, 6.45) is 6.34. The van der Waals surface area contributed by atoms with E-state index in [0.717, 1.165) is 12.3 Å². The van der Waals surface area contributed by atoms with Crippen molar-refractivity contribution in [2.75, 3.05) is 7.05 Å². The highest BCUT2D eigenvalue weighted by atomic mass is 16.3. The van der Waals surface area contributed by atoms with Gasteiger partial charge in [-0.3, -0.25) is 0 Å². The number of aromatic hydroxyl groups is 1. The van der Waals surface area contributed by atoms with E-state index < -0.39 is 0 Å². The van der Waals surface area contributed by atoms with Crippen molar-refractivity contribution in [2.24, 2.45) is 5.92 Å². The molecule has 1 aliphatic rings. The first-order chi connectivity index (χ1) is 7.78. The molecule has 1 aromatic carbocycles. The minimum absolute atomic E-state index is 0.387. The minimum atomic E-state index is 0.387. The zero-order chi connectivity index (χ0) is 11.4. The van der Waals surface area contributed by atoms with Crippen LogP contribution in [-0.4, -0.2) is 18.2 Å². The summed E-state index contributed by atoms with van der Waals surface area (Å²) in [7, 11) is 2.06. The Labute approximate surface area is 97.7 Å². The van der Waals surface area contributed by atoms with E-state index in [4.69, 9.17) is 0 Å². The first kappa shape index (κ1) is 11.5. The fraction of sp³-hybridized carbons (Fsp3) is 0.571. The predicted octanol–water partition coefficient (Wildman–Crippen LogP) is 2.71. The SMILES string of the molecule is CNC1CCCC(Cc2cccc(O)c2)C1. The summed E-state index contributed by atoms with van der Waals surface area (Å²) < 4.78 is 0. The van der Waals surface area contributed by atoms with Gasteiger partial charge >= 0.3 is 0 Å². The van der Waals surface area contributed by atoms with Crippen LogP contribution in [0.15, 0.2) is 24.3 Å². The lowest BCUT2D eigenvalue weighted by Gasteiger charge is -2.28. The third-order valence-electron chi connectivity index (χ3n) is 3.63. The lowest BCUT2D eigenvalue weighted by Crippen LogP contribution is -2.31. The molecule has 2 unspecified atom stereocenters. The van der Waals surface area contributed by atoms with Crippen molar-refractivity contribution in [1.29, 1.82) is 0 Å². The van der Waals surface area contributed by atoms with Crippen molar-refractivity contribution in [3.8, 4) is 5.75 Å². The van der Waals surface area contributed by atoms with Crippen molar-refractivity contribution in [3.05, 3.63) is 29.8 Å². The van der Waals surface area contributed by atoms with Gasteiger partial charge in [-0.2, -0.15) is 0 Å². The van der Waals surface area contributed by atoms with Gasteiger partial charge in [0, 0.05) is 6.04 Å². The van der Waals surface area contributed by atoms with Gasteiger partial charge in [0.1, 0.15) is 5.75 Å². The quantitative estimate of drug-likeness (QED) is 0.819. The second kappa shape index (κ2) is 5.35. The summed E-state index contributed by atoms with van der Waals surface area (Å²) in [4.78, 5) is 0. The fourth-order valence-corrected chi connectivity index (χ4v) is 2.76. The van der Waals surface area contributed by atoms with Gasteiger partial charge in [-0.05, 0) is 49.9 Å². The Balaban J connectivity index is 1.94. The molecule has 2 N–H and O–H groups in total. The maximum atomic E-state index is 9.43. The largest absolute Gasteiger partial charge is 0.508 e. The zero-order valence-electron chi connectivity index (χ0n) is 9.95. The first-order valence-electron chi connectivity index (χ1n) is 6.23. The zero-order valence-corrected chi connectivity index (χ0v) is 9.95. The molecule has 0 radical (unpaired) electrons. The van der Waals surface area contributed by atoms with E-state index in [-0.39, 0.29) is 0 Å². The molecule has 0 aromatic heterocycles. The molecular formula is C14H21NO. The molecule has 1 aliphatic carbocycles. The van der Waals surface area contributed by atoms with Crippen LogP contribution in [0, 0.1) is 5.92 Å². The lowest BCUT2D eigenvalue weighted by atomic mass is 9.82. The molecule has 1 saturated carbocycles. The van der Waals surface area contributed by atoms with Crippen molar-refractivity contribution in [2.45, 2.75) is 38.1 Å². The summed E-state index contributed by atoms with van der Waals surface area (Å²) in [6, 6.07) is 8.37. The van der Waals surface area contributed by atoms with Gasteiger partial charge in [-0.15, -0.1) is 0 Å². The Bertz CT molecular complexity index is 337. The van der Waals surface area contributed by atoms with Crippen LogP contribution in [-0.2, 0) is 6.42 Å². The van der Waals surface area contributed by atoms with Crippen LogP contribution in [0.2, 0.25) is 0 Å². The monoisotopic (exact) mass is 219 g/mol. The third kappa shape index (κ3) is 2.99. The second-order valence-corrected chi connectivity index (χ2v) is 4.89. The predicted molar refractivity (Wildman–Crippen MR) is 66.6 cm³/mol. The highest BCUT2D eigenvalue weighted by Gasteiger charge is 2.20. The summed E-state index contributed by atoms with van der Waals surface area (Å²) in [6.45, 7) is 0. The molecule has 0 heterocycles. The summed E-state index contributed by atoms with van der Waals surface area (Å²) >= 11 is 0. The molecule has 0 aliphatic heterocycles. The van der Waals surface area contributed by atoms with Gasteiger partial charge in [-0.1, -0.05) is 25.0 Å². The Morgan fingerprint density at radius 3 is 3.00 bits per heavy atom. The van der Waals surface area contributed by atoms with Gasteiger partial charge in [0.2, 0.25) is 0 Å². The van der Waals surface area contributed by atoms with Crippen LogP contribution in [0.5, 0.6) is 5.75 Å². The number of hydrogen-bond donors (Lipinski definition) is 2. The standard InChI is InChI=1S/C14H21NO/c1-15-13-6-2-4-11(9-13)8-12-5-3-7-14(16)10-12/h3,5,7,10-11,13,15-16H,2,4,6,8-9H2,1H3. The van der Waals surface area contributed by atoms with Gasteiger partial charge in [0.05, 0.1) is 0 Å². The highest BCUT2D eigenvalue weighted by Crippen LogP contribution is 2.27. The summed E-state index contributed by atoms with van der Waals surface area (Å²) in [5, 5.41) is 12.8. The Kier molecular flexibility index (Phi) is 3.83. The highest BCUT2D eigenvalue weighted by molar-refractivity contribution is 5.27. The van der Waals surface area contributed by atoms with Gasteiger partial charge in [0.15, 0.2) is 0 Å². The maximum Gasteiger partial charge on any atom is 0.115 e. The topological polar surface area (TPSA) is 32.3 Å². The average molecular weight is 219 g/mol. The van der Waals surface area contributed by atoms with E-state index in [0.29, 0.717) is 11.8 Å². The van der Waals surface area contributed by atoms with Crippen molar-refractivity contribution < 1.29 is 5.11 Å². The Morgan fingerprint density at radius 1 is 1.38 bits per heavy atom. The van der Waals surface area contributed by atoms with Gasteiger partial charge in [-0.25, -0.2) is 0 Å². The molecule has 0 saturated heterocycles. The molecular weight excluding hydrogens is 198 g/mol.